The number of aromatic nitrogens is 2. The van der Waals surface area contributed by atoms with Crippen LogP contribution < -0.4 is 4.74 Å². The van der Waals surface area contributed by atoms with E-state index in [-0.39, 0.29) is 0 Å². The lowest BCUT2D eigenvalue weighted by Crippen LogP contribution is -2.03. The molecule has 0 aliphatic carbocycles. The molecule has 2 aromatic rings. The molecule has 0 aliphatic rings. The van der Waals surface area contributed by atoms with Gasteiger partial charge in [0.05, 0.1) is 18.5 Å². The molecule has 0 aromatic carbocycles. The molecule has 0 radical (unpaired) electrons. The van der Waals surface area contributed by atoms with Gasteiger partial charge in [-0.05, 0) is 31.5 Å². The van der Waals surface area contributed by atoms with Crippen molar-refractivity contribution in [3.05, 3.63) is 53.6 Å². The van der Waals surface area contributed by atoms with Gasteiger partial charge in [-0.2, -0.15) is 0 Å². The number of hydrogen-bond acceptors (Lipinski definition) is 4. The summed E-state index contributed by atoms with van der Waals surface area (Å²) < 4.78 is 5.36. The molecule has 2 heterocycles. The molecule has 2 aromatic heterocycles. The van der Waals surface area contributed by atoms with Crippen molar-refractivity contribution in [1.82, 2.24) is 9.97 Å². The number of hydrogen-bond donors (Lipinski definition) is 1. The highest BCUT2D eigenvalue weighted by molar-refractivity contribution is 5.30. The third-order valence-electron chi connectivity index (χ3n) is 2.58. The van der Waals surface area contributed by atoms with E-state index in [0.717, 1.165) is 5.56 Å². The molecule has 4 heteroatoms. The highest BCUT2D eigenvalue weighted by Gasteiger charge is 2.12. The monoisotopic (exact) mass is 244 g/mol. The Kier molecular flexibility index (Phi) is 3.89. The Morgan fingerprint density at radius 3 is 2.78 bits per heavy atom. The number of rotatable bonds is 4. The van der Waals surface area contributed by atoms with Crippen LogP contribution in [0.4, 0.5) is 0 Å². The van der Waals surface area contributed by atoms with Crippen LogP contribution in [0.1, 0.15) is 29.8 Å². The smallest absolute Gasteiger partial charge is 0.137 e. The summed E-state index contributed by atoms with van der Waals surface area (Å²) in [5.41, 5.74) is 2.35. The van der Waals surface area contributed by atoms with E-state index in [2.05, 4.69) is 9.97 Å². The van der Waals surface area contributed by atoms with Crippen LogP contribution in [0.25, 0.3) is 0 Å². The van der Waals surface area contributed by atoms with E-state index in [1.54, 1.807) is 24.7 Å². The first kappa shape index (κ1) is 12.5. The highest BCUT2D eigenvalue weighted by Crippen LogP contribution is 2.22. The standard InChI is InChI=1S/C14H16N2O2/c1-3-18-12-6-11(8-15-9-12)14(17)13-5-4-10(2)7-16-13/h4-9,14,17H,3H2,1-2H3. The first-order valence-electron chi connectivity index (χ1n) is 5.89. The fourth-order valence-electron chi connectivity index (χ4n) is 1.64. The second kappa shape index (κ2) is 5.60. The Morgan fingerprint density at radius 1 is 1.28 bits per heavy atom. The van der Waals surface area contributed by atoms with Gasteiger partial charge in [0.15, 0.2) is 0 Å². The average Bonchev–Trinajstić information content (AvgIpc) is 2.39. The largest absolute Gasteiger partial charge is 0.492 e. The van der Waals surface area contributed by atoms with Gasteiger partial charge in [0.2, 0.25) is 0 Å². The number of aliphatic hydroxyl groups is 1. The molecule has 0 spiro atoms. The van der Waals surface area contributed by atoms with E-state index in [9.17, 15) is 5.11 Å². The predicted octanol–water partition coefficient (Wildman–Crippen LogP) is 2.27. The molecule has 0 saturated carbocycles. The maximum absolute atomic E-state index is 10.2. The zero-order valence-electron chi connectivity index (χ0n) is 10.5. The lowest BCUT2D eigenvalue weighted by atomic mass is 10.1. The Morgan fingerprint density at radius 2 is 2.11 bits per heavy atom. The van der Waals surface area contributed by atoms with E-state index >= 15 is 0 Å². The summed E-state index contributed by atoms with van der Waals surface area (Å²) in [4.78, 5) is 8.27. The lowest BCUT2D eigenvalue weighted by Gasteiger charge is -2.11. The predicted molar refractivity (Wildman–Crippen MR) is 68.4 cm³/mol. The summed E-state index contributed by atoms with van der Waals surface area (Å²) >= 11 is 0. The van der Waals surface area contributed by atoms with Crippen LogP contribution in [0.3, 0.4) is 0 Å². The van der Waals surface area contributed by atoms with Crippen LogP contribution in [0.5, 0.6) is 5.75 Å². The molecular formula is C14H16N2O2. The number of aliphatic hydroxyl groups excluding tert-OH is 1. The minimum absolute atomic E-state index is 0.573. The van der Waals surface area contributed by atoms with Crippen molar-refractivity contribution in [2.75, 3.05) is 6.61 Å². The van der Waals surface area contributed by atoms with Crippen molar-refractivity contribution in [3.8, 4) is 5.75 Å². The van der Waals surface area contributed by atoms with Crippen molar-refractivity contribution in [2.24, 2.45) is 0 Å². The van der Waals surface area contributed by atoms with Gasteiger partial charge in [-0.3, -0.25) is 9.97 Å². The summed E-state index contributed by atoms with van der Waals surface area (Å²) in [6.45, 7) is 4.44. The summed E-state index contributed by atoms with van der Waals surface area (Å²) in [5.74, 6) is 0.654. The number of aryl methyl sites for hydroxylation is 1. The van der Waals surface area contributed by atoms with Gasteiger partial charge in [-0.15, -0.1) is 0 Å². The molecular weight excluding hydrogens is 228 g/mol. The Bertz CT molecular complexity index is 511. The third-order valence-corrected chi connectivity index (χ3v) is 2.58. The van der Waals surface area contributed by atoms with Crippen molar-refractivity contribution < 1.29 is 9.84 Å². The van der Waals surface area contributed by atoms with E-state index in [1.165, 1.54) is 0 Å². The Balaban J connectivity index is 2.24. The molecule has 1 N–H and O–H groups in total. The summed E-state index contributed by atoms with van der Waals surface area (Å²) in [6.07, 6.45) is 4.20. The molecule has 0 amide bonds. The van der Waals surface area contributed by atoms with Gasteiger partial charge >= 0.3 is 0 Å². The maximum Gasteiger partial charge on any atom is 0.137 e. The zero-order valence-corrected chi connectivity index (χ0v) is 10.5. The van der Waals surface area contributed by atoms with Gasteiger partial charge in [-0.25, -0.2) is 0 Å². The Labute approximate surface area is 106 Å². The Hall–Kier alpha value is -1.94. The highest BCUT2D eigenvalue weighted by atomic mass is 16.5. The first-order valence-corrected chi connectivity index (χ1v) is 5.89. The van der Waals surface area contributed by atoms with Crippen molar-refractivity contribution in [1.29, 1.82) is 0 Å². The van der Waals surface area contributed by atoms with Gasteiger partial charge < -0.3 is 9.84 Å². The molecule has 18 heavy (non-hydrogen) atoms. The zero-order chi connectivity index (χ0) is 13.0. The van der Waals surface area contributed by atoms with Gasteiger partial charge in [0, 0.05) is 18.0 Å². The number of pyridine rings is 2. The lowest BCUT2D eigenvalue weighted by molar-refractivity contribution is 0.214. The molecule has 0 aliphatic heterocycles. The summed E-state index contributed by atoms with van der Waals surface area (Å²) in [7, 11) is 0. The van der Waals surface area contributed by atoms with Crippen LogP contribution in [0.15, 0.2) is 36.8 Å². The number of ether oxygens (including phenoxy) is 1. The maximum atomic E-state index is 10.2. The van der Waals surface area contributed by atoms with E-state index in [1.807, 2.05) is 26.0 Å². The van der Waals surface area contributed by atoms with Gasteiger partial charge in [-0.1, -0.05) is 6.07 Å². The summed E-state index contributed by atoms with van der Waals surface area (Å²) in [5, 5.41) is 10.2. The van der Waals surface area contributed by atoms with Gasteiger partial charge in [0.1, 0.15) is 11.9 Å². The third kappa shape index (κ3) is 2.84. The molecule has 2 rings (SSSR count). The second-order valence-electron chi connectivity index (χ2n) is 4.05. The normalized spacial score (nSPS) is 12.2. The molecule has 0 bridgehead atoms. The molecule has 1 atom stereocenters. The number of nitrogens with zero attached hydrogens (tertiary/aromatic N) is 2. The van der Waals surface area contributed by atoms with Crippen molar-refractivity contribution >= 4 is 0 Å². The molecule has 0 saturated heterocycles. The second-order valence-corrected chi connectivity index (χ2v) is 4.05. The van der Waals surface area contributed by atoms with Crippen molar-refractivity contribution in [3.63, 3.8) is 0 Å². The minimum Gasteiger partial charge on any atom is -0.492 e. The molecule has 4 nitrogen and oxygen atoms in total. The molecule has 94 valence electrons. The van der Waals surface area contributed by atoms with Crippen LogP contribution in [-0.4, -0.2) is 21.7 Å². The topological polar surface area (TPSA) is 55.2 Å². The summed E-state index contributed by atoms with van der Waals surface area (Å²) in [6, 6.07) is 5.52. The van der Waals surface area contributed by atoms with Crippen molar-refractivity contribution in [2.45, 2.75) is 20.0 Å². The van der Waals surface area contributed by atoms with E-state index in [0.29, 0.717) is 23.6 Å². The SMILES string of the molecule is CCOc1cncc(C(O)c2ccc(C)cn2)c1. The van der Waals surface area contributed by atoms with Crippen LogP contribution >= 0.6 is 0 Å². The van der Waals surface area contributed by atoms with Gasteiger partial charge in [0.25, 0.3) is 0 Å². The average molecular weight is 244 g/mol. The molecule has 0 fully saturated rings. The van der Waals surface area contributed by atoms with E-state index < -0.39 is 6.10 Å². The van der Waals surface area contributed by atoms with Crippen LogP contribution in [-0.2, 0) is 0 Å². The van der Waals surface area contributed by atoms with E-state index in [4.69, 9.17) is 4.74 Å². The fourth-order valence-corrected chi connectivity index (χ4v) is 1.64. The van der Waals surface area contributed by atoms with Crippen LogP contribution in [0, 0.1) is 6.92 Å². The fraction of sp³-hybridized carbons (Fsp3) is 0.286. The minimum atomic E-state index is -0.779. The quantitative estimate of drug-likeness (QED) is 0.896. The van der Waals surface area contributed by atoms with Crippen LogP contribution in [0.2, 0.25) is 0 Å². The first-order chi connectivity index (χ1) is 8.70. The molecule has 1 unspecified atom stereocenters.